The fourth-order valence-corrected chi connectivity index (χ4v) is 3.74. The van der Waals surface area contributed by atoms with Crippen molar-refractivity contribution in [3.63, 3.8) is 0 Å². The van der Waals surface area contributed by atoms with Crippen LogP contribution in [0.4, 0.5) is 5.95 Å². The highest BCUT2D eigenvalue weighted by atomic mass is 16.8. The molecule has 2 fully saturated rings. The highest BCUT2D eigenvalue weighted by Crippen LogP contribution is 2.43. The minimum absolute atomic E-state index is 0.0554. The van der Waals surface area contributed by atoms with Crippen molar-refractivity contribution >= 4 is 17.1 Å². The van der Waals surface area contributed by atoms with Crippen LogP contribution in [0, 0.1) is 0 Å². The summed E-state index contributed by atoms with van der Waals surface area (Å²) in [4.78, 5) is 32.0. The van der Waals surface area contributed by atoms with E-state index >= 15 is 0 Å². The summed E-state index contributed by atoms with van der Waals surface area (Å²) in [7, 11) is 0. The monoisotopic (exact) mass is 379 g/mol. The van der Waals surface area contributed by atoms with Gasteiger partial charge in [-0.2, -0.15) is 4.98 Å². The van der Waals surface area contributed by atoms with Crippen LogP contribution in [0.5, 0.6) is 0 Å². The fraction of sp³-hybridized carbons (Fsp3) is 0.562. The molecular weight excluding hydrogens is 358 g/mol. The summed E-state index contributed by atoms with van der Waals surface area (Å²) < 4.78 is 20.0. The normalized spacial score (nSPS) is 29.3. The summed E-state index contributed by atoms with van der Waals surface area (Å²) >= 11 is 0. The van der Waals surface area contributed by atoms with Gasteiger partial charge < -0.3 is 25.1 Å². The minimum Gasteiger partial charge on any atom is -0.394 e. The third-order valence-corrected chi connectivity index (χ3v) is 4.70. The fourth-order valence-electron chi connectivity index (χ4n) is 3.74. The number of hydrogen-bond acceptors (Lipinski definition) is 8. The summed E-state index contributed by atoms with van der Waals surface area (Å²) in [5.74, 6) is -1.04. The Morgan fingerprint density at radius 1 is 1.37 bits per heavy atom. The van der Waals surface area contributed by atoms with Gasteiger partial charge in [0.05, 0.1) is 6.61 Å². The number of rotatable bonds is 4. The van der Waals surface area contributed by atoms with Gasteiger partial charge in [-0.05, 0) is 13.8 Å². The van der Waals surface area contributed by atoms with Crippen LogP contribution in [0.3, 0.4) is 0 Å². The van der Waals surface area contributed by atoms with Crippen LogP contribution in [0.2, 0.25) is 0 Å². The molecule has 0 aromatic carbocycles. The number of anilines is 1. The van der Waals surface area contributed by atoms with Crippen LogP contribution in [0.1, 0.15) is 20.1 Å². The smallest absolute Gasteiger partial charge is 0.333 e. The van der Waals surface area contributed by atoms with Gasteiger partial charge in [0.25, 0.3) is 5.56 Å². The molecule has 2 aromatic heterocycles. The minimum atomic E-state index is -0.941. The Labute approximate surface area is 153 Å². The Hall–Kier alpha value is -2.47. The van der Waals surface area contributed by atoms with Crippen LogP contribution in [-0.4, -0.2) is 54.9 Å². The molecule has 2 saturated heterocycles. The van der Waals surface area contributed by atoms with Gasteiger partial charge in [-0.1, -0.05) is 6.08 Å². The van der Waals surface area contributed by atoms with E-state index in [4.69, 9.17) is 19.9 Å². The number of aromatic amines is 1. The van der Waals surface area contributed by atoms with E-state index in [2.05, 4.69) is 16.5 Å². The lowest BCUT2D eigenvalue weighted by molar-refractivity contribution is -0.200. The Morgan fingerprint density at radius 2 is 2.07 bits per heavy atom. The van der Waals surface area contributed by atoms with Crippen molar-refractivity contribution in [1.82, 2.24) is 19.1 Å². The van der Waals surface area contributed by atoms with Crippen molar-refractivity contribution in [3.8, 4) is 0 Å². The molecule has 0 bridgehead atoms. The number of nitrogens with zero attached hydrogens (tertiary/aromatic N) is 3. The molecule has 2 aliphatic heterocycles. The van der Waals surface area contributed by atoms with Crippen molar-refractivity contribution in [3.05, 3.63) is 33.5 Å². The zero-order valence-corrected chi connectivity index (χ0v) is 14.9. The summed E-state index contributed by atoms with van der Waals surface area (Å²) in [6.07, 6.45) is -1.37. The van der Waals surface area contributed by atoms with Crippen molar-refractivity contribution in [2.75, 3.05) is 12.3 Å². The standard InChI is InChI=1S/C16H21N5O6/c1-4-5-20-8-11(18-14(17)19-12(8)23)21(15(20)24)13-10-9(7(6-22)25-13)26-16(2,3)27-10/h4,7,9-10,13,22H,1,5-6H2,2-3H3,(H3,17,18,19,23)/t7-,9-,10?,13-/m1/s1. The zero-order valence-electron chi connectivity index (χ0n) is 14.9. The van der Waals surface area contributed by atoms with E-state index in [9.17, 15) is 14.7 Å². The molecular formula is C16H21N5O6. The molecule has 11 nitrogen and oxygen atoms in total. The molecule has 0 saturated carbocycles. The third kappa shape index (κ3) is 2.62. The first kappa shape index (κ1) is 17.9. The summed E-state index contributed by atoms with van der Waals surface area (Å²) in [5, 5.41) is 9.65. The van der Waals surface area contributed by atoms with E-state index in [1.54, 1.807) is 13.8 Å². The molecule has 4 atom stereocenters. The number of nitrogens with one attached hydrogen (secondary N) is 1. The Bertz CT molecular complexity index is 1020. The second-order valence-corrected chi connectivity index (χ2v) is 6.99. The van der Waals surface area contributed by atoms with Crippen LogP contribution in [0.25, 0.3) is 11.2 Å². The second kappa shape index (κ2) is 6.02. The van der Waals surface area contributed by atoms with E-state index in [1.165, 1.54) is 15.2 Å². The number of nitrogen functional groups attached to an aromatic ring is 1. The molecule has 27 heavy (non-hydrogen) atoms. The number of imidazole rings is 1. The average Bonchev–Trinajstić information content (AvgIpc) is 3.15. The van der Waals surface area contributed by atoms with Gasteiger partial charge in [-0.25, -0.2) is 9.36 Å². The van der Waals surface area contributed by atoms with Crippen LogP contribution < -0.4 is 17.0 Å². The molecule has 0 radical (unpaired) electrons. The van der Waals surface area contributed by atoms with Crippen molar-refractivity contribution in [1.29, 1.82) is 0 Å². The number of aliphatic hydroxyl groups is 1. The number of fused-ring (bicyclic) bond motifs is 2. The zero-order chi connectivity index (χ0) is 19.5. The maximum absolute atomic E-state index is 13.1. The van der Waals surface area contributed by atoms with Gasteiger partial charge in [0.1, 0.15) is 18.3 Å². The predicted molar refractivity (Wildman–Crippen MR) is 94.0 cm³/mol. The van der Waals surface area contributed by atoms with E-state index in [0.29, 0.717) is 0 Å². The molecule has 4 N–H and O–H groups in total. The Balaban J connectivity index is 1.94. The lowest BCUT2D eigenvalue weighted by Crippen LogP contribution is -2.34. The van der Waals surface area contributed by atoms with E-state index in [0.717, 1.165) is 0 Å². The topological polar surface area (TPSA) is 147 Å². The van der Waals surface area contributed by atoms with Crippen LogP contribution in [0.15, 0.2) is 22.2 Å². The summed E-state index contributed by atoms with van der Waals surface area (Å²) in [6, 6.07) is 0. The van der Waals surface area contributed by atoms with Gasteiger partial charge >= 0.3 is 5.69 Å². The van der Waals surface area contributed by atoms with Crippen LogP contribution >= 0.6 is 0 Å². The molecule has 2 aromatic rings. The van der Waals surface area contributed by atoms with Crippen molar-refractivity contribution in [2.45, 2.75) is 50.7 Å². The molecule has 11 heteroatoms. The Kier molecular flexibility index (Phi) is 4.00. The number of aromatic nitrogens is 4. The first-order valence-corrected chi connectivity index (χ1v) is 8.51. The second-order valence-electron chi connectivity index (χ2n) is 6.99. The summed E-state index contributed by atoms with van der Waals surface area (Å²) in [6.45, 7) is 6.88. The largest absolute Gasteiger partial charge is 0.394 e. The number of hydrogen-bond donors (Lipinski definition) is 3. The van der Waals surface area contributed by atoms with Gasteiger partial charge in [0.15, 0.2) is 23.2 Å². The number of allylic oxidation sites excluding steroid dienone is 1. The Morgan fingerprint density at radius 3 is 2.74 bits per heavy atom. The lowest BCUT2D eigenvalue weighted by atomic mass is 10.1. The molecule has 1 unspecified atom stereocenters. The number of nitrogens with two attached hydrogens (primary N) is 1. The third-order valence-electron chi connectivity index (χ3n) is 4.70. The summed E-state index contributed by atoms with van der Waals surface area (Å²) in [5.41, 5.74) is 4.73. The lowest BCUT2D eigenvalue weighted by Gasteiger charge is -2.23. The molecule has 0 amide bonds. The number of H-pyrrole nitrogens is 1. The van der Waals surface area contributed by atoms with Gasteiger partial charge in [-0.3, -0.25) is 14.3 Å². The van der Waals surface area contributed by atoms with Gasteiger partial charge in [-0.15, -0.1) is 6.58 Å². The van der Waals surface area contributed by atoms with E-state index in [1.807, 2.05) is 0 Å². The van der Waals surface area contributed by atoms with E-state index in [-0.39, 0.29) is 30.3 Å². The number of ether oxygens (including phenoxy) is 3. The predicted octanol–water partition coefficient (Wildman–Crippen LogP) is -0.936. The van der Waals surface area contributed by atoms with Gasteiger partial charge in [0.2, 0.25) is 5.95 Å². The van der Waals surface area contributed by atoms with Gasteiger partial charge in [0, 0.05) is 6.54 Å². The van der Waals surface area contributed by atoms with Crippen molar-refractivity contribution in [2.24, 2.45) is 0 Å². The maximum Gasteiger partial charge on any atom is 0.333 e. The molecule has 146 valence electrons. The highest BCUT2D eigenvalue weighted by molar-refractivity contribution is 5.71. The van der Waals surface area contributed by atoms with Crippen LogP contribution in [-0.2, 0) is 20.8 Å². The first-order chi connectivity index (χ1) is 12.8. The first-order valence-electron chi connectivity index (χ1n) is 8.51. The molecule has 4 heterocycles. The quantitative estimate of drug-likeness (QED) is 0.577. The average molecular weight is 379 g/mol. The van der Waals surface area contributed by atoms with Crippen molar-refractivity contribution < 1.29 is 19.3 Å². The maximum atomic E-state index is 13.1. The molecule has 0 spiro atoms. The molecule has 2 aliphatic rings. The number of aliphatic hydroxyl groups excluding tert-OH is 1. The highest BCUT2D eigenvalue weighted by Gasteiger charge is 2.56. The SMILES string of the molecule is C=CCn1c(=O)n([C@@H]2O[C@H](CO)[C@H]3OC(C)(C)OC23)c2nc(N)[nH]c(=O)c21. The molecule has 0 aliphatic carbocycles. The molecule has 4 rings (SSSR count). The van der Waals surface area contributed by atoms with E-state index < -0.39 is 41.6 Å².